The molecule has 148 valence electrons. The summed E-state index contributed by atoms with van der Waals surface area (Å²) in [6, 6.07) is 9.44. The Bertz CT molecular complexity index is 974. The van der Waals surface area contributed by atoms with Crippen LogP contribution in [0.5, 0.6) is 0 Å². The lowest BCUT2D eigenvalue weighted by atomic mass is 9.97. The Labute approximate surface area is 172 Å². The van der Waals surface area contributed by atoms with Crippen LogP contribution in [0.15, 0.2) is 28.6 Å². The number of piperidine rings is 1. The van der Waals surface area contributed by atoms with Crippen molar-refractivity contribution in [1.29, 1.82) is 5.26 Å². The topological polar surface area (TPSA) is 116 Å². The maximum atomic E-state index is 12.4. The number of sulfonamides is 1. The molecule has 0 bridgehead atoms. The van der Waals surface area contributed by atoms with E-state index >= 15 is 0 Å². The maximum absolute atomic E-state index is 12.4. The molecule has 0 saturated carbocycles. The molecular formula is C17H19N5O3S3. The molecule has 1 N–H and O–H groups in total. The number of anilines is 1. The molecule has 2 heterocycles. The summed E-state index contributed by atoms with van der Waals surface area (Å²) in [6.45, 7) is 0.720. The lowest BCUT2D eigenvalue weighted by Crippen LogP contribution is -2.40. The number of benzene rings is 1. The second-order valence-corrected chi connectivity index (χ2v) is 10.6. The quantitative estimate of drug-likeness (QED) is 0.544. The van der Waals surface area contributed by atoms with Gasteiger partial charge in [0.2, 0.25) is 21.1 Å². The summed E-state index contributed by atoms with van der Waals surface area (Å²) in [4.78, 5) is 12.4. The number of carbonyl (C=O) groups excluding carboxylic acids is 1. The molecule has 0 unspecified atom stereocenters. The van der Waals surface area contributed by atoms with Crippen molar-refractivity contribution in [3.63, 3.8) is 0 Å². The number of thioether (sulfide) groups is 1. The summed E-state index contributed by atoms with van der Waals surface area (Å²) in [5, 5.41) is 20.1. The number of rotatable bonds is 6. The van der Waals surface area contributed by atoms with E-state index in [1.807, 2.05) is 12.1 Å². The predicted molar refractivity (Wildman–Crippen MR) is 108 cm³/mol. The molecule has 3 rings (SSSR count). The van der Waals surface area contributed by atoms with Crippen LogP contribution in [0.4, 0.5) is 5.13 Å². The third-order valence-corrected chi connectivity index (χ3v) is 7.72. The van der Waals surface area contributed by atoms with E-state index in [2.05, 4.69) is 21.6 Å². The summed E-state index contributed by atoms with van der Waals surface area (Å²) >= 11 is 2.82. The summed E-state index contributed by atoms with van der Waals surface area (Å²) in [5.41, 5.74) is 1.69. The Morgan fingerprint density at radius 3 is 2.61 bits per heavy atom. The first-order chi connectivity index (χ1) is 13.3. The lowest BCUT2D eigenvalue weighted by molar-refractivity contribution is -0.120. The molecule has 1 amide bonds. The van der Waals surface area contributed by atoms with E-state index in [1.165, 1.54) is 33.7 Å². The van der Waals surface area contributed by atoms with E-state index in [4.69, 9.17) is 5.26 Å². The fraction of sp³-hybridized carbons (Fsp3) is 0.412. The summed E-state index contributed by atoms with van der Waals surface area (Å²) in [5.74, 6) is 0.322. The Morgan fingerprint density at radius 2 is 2.00 bits per heavy atom. The zero-order chi connectivity index (χ0) is 20.1. The first kappa shape index (κ1) is 20.7. The number of nitriles is 1. The average molecular weight is 438 g/mol. The van der Waals surface area contributed by atoms with Crippen LogP contribution in [0.25, 0.3) is 0 Å². The first-order valence-corrected chi connectivity index (χ1v) is 12.2. The van der Waals surface area contributed by atoms with Crippen LogP contribution in [0.1, 0.15) is 24.0 Å². The zero-order valence-corrected chi connectivity index (χ0v) is 17.6. The smallest absolute Gasteiger partial charge is 0.229 e. The second kappa shape index (κ2) is 9.00. The SMILES string of the molecule is CS(=O)(=O)N1CCC(C(=O)Nc2nnc(SCc3ccc(C#N)cc3)s2)CC1. The molecule has 0 radical (unpaired) electrons. The van der Waals surface area contributed by atoms with Gasteiger partial charge in [0.1, 0.15) is 0 Å². The molecule has 2 aromatic rings. The van der Waals surface area contributed by atoms with E-state index in [0.29, 0.717) is 42.4 Å². The van der Waals surface area contributed by atoms with Crippen molar-refractivity contribution in [2.45, 2.75) is 22.9 Å². The molecule has 1 aliphatic heterocycles. The van der Waals surface area contributed by atoms with E-state index in [-0.39, 0.29) is 11.8 Å². The fourth-order valence-electron chi connectivity index (χ4n) is 2.80. The van der Waals surface area contributed by atoms with Crippen LogP contribution in [0.3, 0.4) is 0 Å². The number of carbonyl (C=O) groups is 1. The molecule has 28 heavy (non-hydrogen) atoms. The number of hydrogen-bond donors (Lipinski definition) is 1. The molecule has 8 nitrogen and oxygen atoms in total. The van der Waals surface area contributed by atoms with Gasteiger partial charge in [-0.15, -0.1) is 10.2 Å². The van der Waals surface area contributed by atoms with Crippen molar-refractivity contribution in [2.75, 3.05) is 24.7 Å². The second-order valence-electron chi connectivity index (χ2n) is 6.40. The minimum Gasteiger partial charge on any atom is -0.300 e. The fourth-order valence-corrected chi connectivity index (χ4v) is 5.38. The van der Waals surface area contributed by atoms with Gasteiger partial charge >= 0.3 is 0 Å². The standard InChI is InChI=1S/C17H19N5O3S3/c1-28(24,25)22-8-6-14(7-9-22)15(23)19-16-20-21-17(27-16)26-11-13-4-2-12(10-18)3-5-13/h2-5,14H,6-9,11H2,1H3,(H,19,20,23). The van der Waals surface area contributed by atoms with E-state index in [0.717, 1.165) is 9.90 Å². The molecule has 0 atom stereocenters. The predicted octanol–water partition coefficient (Wildman–Crippen LogP) is 2.31. The number of nitrogens with zero attached hydrogens (tertiary/aromatic N) is 4. The van der Waals surface area contributed by atoms with Crippen molar-refractivity contribution < 1.29 is 13.2 Å². The molecule has 1 aromatic carbocycles. The molecule has 1 fully saturated rings. The summed E-state index contributed by atoms with van der Waals surface area (Å²) in [7, 11) is -3.20. The van der Waals surface area contributed by atoms with Crippen molar-refractivity contribution >= 4 is 44.2 Å². The van der Waals surface area contributed by atoms with Crippen molar-refractivity contribution in [1.82, 2.24) is 14.5 Å². The van der Waals surface area contributed by atoms with Crippen LogP contribution in [-0.4, -0.2) is 48.2 Å². The van der Waals surface area contributed by atoms with Gasteiger partial charge in [-0.2, -0.15) is 5.26 Å². The average Bonchev–Trinajstić information content (AvgIpc) is 3.13. The van der Waals surface area contributed by atoms with E-state index < -0.39 is 10.0 Å². The van der Waals surface area contributed by atoms with Gasteiger partial charge in [-0.25, -0.2) is 12.7 Å². The zero-order valence-electron chi connectivity index (χ0n) is 15.2. The molecule has 0 spiro atoms. The van der Waals surface area contributed by atoms with Gasteiger partial charge in [0, 0.05) is 24.8 Å². The van der Waals surface area contributed by atoms with Gasteiger partial charge in [-0.3, -0.25) is 4.79 Å². The van der Waals surface area contributed by atoms with Crippen LogP contribution >= 0.6 is 23.1 Å². The molecule has 1 saturated heterocycles. The van der Waals surface area contributed by atoms with Gasteiger partial charge in [-0.1, -0.05) is 35.2 Å². The summed E-state index contributed by atoms with van der Waals surface area (Å²) < 4.78 is 25.2. The van der Waals surface area contributed by atoms with Gasteiger partial charge in [0.05, 0.1) is 17.9 Å². The molecule has 0 aliphatic carbocycles. The Kier molecular flexibility index (Phi) is 6.66. The Morgan fingerprint density at radius 1 is 1.32 bits per heavy atom. The number of hydrogen-bond acceptors (Lipinski definition) is 8. The van der Waals surface area contributed by atoms with Crippen molar-refractivity contribution in [2.24, 2.45) is 5.92 Å². The lowest BCUT2D eigenvalue weighted by Gasteiger charge is -2.29. The van der Waals surface area contributed by atoms with Gasteiger partial charge in [0.25, 0.3) is 0 Å². The minimum atomic E-state index is -3.20. The Balaban J connectivity index is 1.49. The van der Waals surface area contributed by atoms with Crippen molar-refractivity contribution in [3.8, 4) is 6.07 Å². The number of aromatic nitrogens is 2. The summed E-state index contributed by atoms with van der Waals surface area (Å²) in [6.07, 6.45) is 2.18. The first-order valence-electron chi connectivity index (χ1n) is 8.56. The highest BCUT2D eigenvalue weighted by molar-refractivity contribution is 8.00. The molecule has 1 aromatic heterocycles. The number of amides is 1. The van der Waals surface area contributed by atoms with Crippen LogP contribution in [0, 0.1) is 17.2 Å². The number of nitrogens with one attached hydrogen (secondary N) is 1. The van der Waals surface area contributed by atoms with Crippen LogP contribution in [0.2, 0.25) is 0 Å². The third kappa shape index (κ3) is 5.51. The van der Waals surface area contributed by atoms with Crippen molar-refractivity contribution in [3.05, 3.63) is 35.4 Å². The molecule has 11 heteroatoms. The molecular weight excluding hydrogens is 418 g/mol. The normalized spacial score (nSPS) is 15.9. The minimum absolute atomic E-state index is 0.145. The highest BCUT2D eigenvalue weighted by Gasteiger charge is 2.29. The van der Waals surface area contributed by atoms with E-state index in [1.54, 1.807) is 12.1 Å². The van der Waals surface area contributed by atoms with Crippen LogP contribution in [-0.2, 0) is 20.6 Å². The van der Waals surface area contributed by atoms with E-state index in [9.17, 15) is 13.2 Å². The van der Waals surface area contributed by atoms with Gasteiger partial charge < -0.3 is 5.32 Å². The van der Waals surface area contributed by atoms with Crippen LogP contribution < -0.4 is 5.32 Å². The largest absolute Gasteiger partial charge is 0.300 e. The van der Waals surface area contributed by atoms with Gasteiger partial charge in [0.15, 0.2) is 4.34 Å². The van der Waals surface area contributed by atoms with Gasteiger partial charge in [-0.05, 0) is 30.5 Å². The molecule has 1 aliphatic rings. The maximum Gasteiger partial charge on any atom is 0.229 e. The Hall–Kier alpha value is -2.00. The third-order valence-electron chi connectivity index (χ3n) is 4.38. The monoisotopic (exact) mass is 437 g/mol. The highest BCUT2D eigenvalue weighted by atomic mass is 32.2. The highest BCUT2D eigenvalue weighted by Crippen LogP contribution is 2.29.